The lowest BCUT2D eigenvalue weighted by molar-refractivity contribution is 0.0959. The van der Waals surface area contributed by atoms with Gasteiger partial charge in [-0.15, -0.1) is 11.3 Å². The summed E-state index contributed by atoms with van der Waals surface area (Å²) in [5, 5.41) is 3.75. The highest BCUT2D eigenvalue weighted by Crippen LogP contribution is 2.32. The summed E-state index contributed by atoms with van der Waals surface area (Å²) >= 11 is 1.76. The Kier molecular flexibility index (Phi) is 4.98. The molecule has 1 aliphatic rings. The van der Waals surface area contributed by atoms with E-state index in [1.54, 1.807) is 11.3 Å². The average molecular weight is 281 g/mol. The quantitative estimate of drug-likeness (QED) is 0.897. The lowest BCUT2D eigenvalue weighted by Crippen LogP contribution is -2.53. The average Bonchev–Trinajstić information content (AvgIpc) is 2.83. The van der Waals surface area contributed by atoms with Crippen LogP contribution < -0.4 is 5.32 Å². The molecule has 1 aromatic heterocycles. The third-order valence-electron chi connectivity index (χ3n) is 4.65. The van der Waals surface area contributed by atoms with Gasteiger partial charge in [-0.1, -0.05) is 19.3 Å². The van der Waals surface area contributed by atoms with Crippen molar-refractivity contribution in [3.8, 4) is 0 Å². The predicted octanol–water partition coefficient (Wildman–Crippen LogP) is 3.37. The van der Waals surface area contributed by atoms with Crippen molar-refractivity contribution in [1.29, 1.82) is 0 Å². The number of nitrogens with zero attached hydrogens (tertiary/aromatic N) is 2. The molecule has 0 aliphatic heterocycles. The van der Waals surface area contributed by atoms with Crippen molar-refractivity contribution in [2.75, 3.05) is 20.6 Å². The van der Waals surface area contributed by atoms with E-state index in [1.807, 2.05) is 5.51 Å². The van der Waals surface area contributed by atoms with Crippen molar-refractivity contribution in [2.45, 2.75) is 57.5 Å². The summed E-state index contributed by atoms with van der Waals surface area (Å²) in [5.41, 5.74) is 3.48. The molecule has 108 valence electrons. The first-order chi connectivity index (χ1) is 9.05. The van der Waals surface area contributed by atoms with Gasteiger partial charge in [0, 0.05) is 23.0 Å². The van der Waals surface area contributed by atoms with Crippen LogP contribution in [-0.2, 0) is 0 Å². The first-order valence-corrected chi connectivity index (χ1v) is 8.24. The van der Waals surface area contributed by atoms with E-state index in [-0.39, 0.29) is 0 Å². The van der Waals surface area contributed by atoms with Gasteiger partial charge in [0.15, 0.2) is 0 Å². The minimum absolute atomic E-state index is 0.352. The summed E-state index contributed by atoms with van der Waals surface area (Å²) < 4.78 is 0. The van der Waals surface area contributed by atoms with Gasteiger partial charge in [0.05, 0.1) is 11.2 Å². The molecule has 1 atom stereocenters. The second-order valence-corrected chi connectivity index (χ2v) is 6.97. The molecule has 0 saturated heterocycles. The van der Waals surface area contributed by atoms with Gasteiger partial charge in [0.2, 0.25) is 0 Å². The van der Waals surface area contributed by atoms with E-state index >= 15 is 0 Å². The largest absolute Gasteiger partial charge is 0.308 e. The Morgan fingerprint density at radius 1 is 1.37 bits per heavy atom. The predicted molar refractivity (Wildman–Crippen MR) is 82.8 cm³/mol. The van der Waals surface area contributed by atoms with Crippen LogP contribution in [0.4, 0.5) is 0 Å². The van der Waals surface area contributed by atoms with Crippen molar-refractivity contribution in [2.24, 2.45) is 0 Å². The normalized spacial score (nSPS) is 20.7. The molecule has 3 nitrogen and oxygen atoms in total. The summed E-state index contributed by atoms with van der Waals surface area (Å²) in [5.74, 6) is 0. The monoisotopic (exact) mass is 281 g/mol. The minimum Gasteiger partial charge on any atom is -0.308 e. The maximum Gasteiger partial charge on any atom is 0.0798 e. The fourth-order valence-electron chi connectivity index (χ4n) is 3.15. The molecule has 0 aromatic carbocycles. The van der Waals surface area contributed by atoms with Crippen molar-refractivity contribution in [3.05, 3.63) is 16.1 Å². The van der Waals surface area contributed by atoms with E-state index in [2.05, 4.69) is 43.1 Å². The van der Waals surface area contributed by atoms with Crippen molar-refractivity contribution in [3.63, 3.8) is 0 Å². The van der Waals surface area contributed by atoms with Crippen molar-refractivity contribution >= 4 is 11.3 Å². The third kappa shape index (κ3) is 3.36. The molecule has 1 aromatic rings. The van der Waals surface area contributed by atoms with E-state index in [1.165, 1.54) is 42.7 Å². The molecule has 1 heterocycles. The van der Waals surface area contributed by atoms with E-state index in [9.17, 15) is 0 Å². The zero-order valence-electron chi connectivity index (χ0n) is 12.7. The molecule has 19 heavy (non-hydrogen) atoms. The third-order valence-corrected chi connectivity index (χ3v) is 5.76. The maximum absolute atomic E-state index is 4.35. The van der Waals surface area contributed by atoms with Crippen molar-refractivity contribution < 1.29 is 0 Å². The highest BCUT2D eigenvalue weighted by atomic mass is 32.1. The summed E-state index contributed by atoms with van der Waals surface area (Å²) in [7, 11) is 4.46. The van der Waals surface area contributed by atoms with E-state index < -0.39 is 0 Å². The van der Waals surface area contributed by atoms with Crippen LogP contribution in [0.25, 0.3) is 0 Å². The number of rotatable bonds is 5. The Morgan fingerprint density at radius 3 is 2.58 bits per heavy atom. The number of thiazole rings is 1. The van der Waals surface area contributed by atoms with Crippen LogP contribution in [-0.4, -0.2) is 36.1 Å². The highest BCUT2D eigenvalue weighted by molar-refractivity contribution is 7.09. The molecule has 0 radical (unpaired) electrons. The van der Waals surface area contributed by atoms with Crippen LogP contribution >= 0.6 is 11.3 Å². The second kappa shape index (κ2) is 6.33. The van der Waals surface area contributed by atoms with E-state index in [4.69, 9.17) is 0 Å². The van der Waals surface area contributed by atoms with Gasteiger partial charge < -0.3 is 10.2 Å². The first-order valence-electron chi connectivity index (χ1n) is 7.36. The van der Waals surface area contributed by atoms with Gasteiger partial charge in [-0.3, -0.25) is 0 Å². The molecule has 2 rings (SSSR count). The number of hydrogen-bond donors (Lipinski definition) is 1. The molecule has 1 N–H and O–H groups in total. The first kappa shape index (κ1) is 14.9. The Labute approximate surface area is 121 Å². The number of nitrogens with one attached hydrogen (secondary N) is 1. The van der Waals surface area contributed by atoms with E-state index in [0.717, 1.165) is 6.54 Å². The van der Waals surface area contributed by atoms with Gasteiger partial charge in [-0.2, -0.15) is 0 Å². The molecule has 1 aliphatic carbocycles. The number of aromatic nitrogens is 1. The SMILES string of the molecule is Cc1ncsc1C(C)NCC1(N(C)C)CCCCC1. The van der Waals surface area contributed by atoms with Gasteiger partial charge in [-0.25, -0.2) is 4.98 Å². The lowest BCUT2D eigenvalue weighted by atomic mass is 9.80. The molecule has 0 bridgehead atoms. The maximum atomic E-state index is 4.35. The summed E-state index contributed by atoms with van der Waals surface area (Å²) in [6.07, 6.45) is 6.78. The van der Waals surface area contributed by atoms with Crippen LogP contribution in [0.15, 0.2) is 5.51 Å². The number of hydrogen-bond acceptors (Lipinski definition) is 4. The molecular weight excluding hydrogens is 254 g/mol. The van der Waals surface area contributed by atoms with Crippen LogP contribution in [0.2, 0.25) is 0 Å². The lowest BCUT2D eigenvalue weighted by Gasteiger charge is -2.43. The minimum atomic E-state index is 0.352. The highest BCUT2D eigenvalue weighted by Gasteiger charge is 2.34. The van der Waals surface area contributed by atoms with Crippen LogP contribution in [0.5, 0.6) is 0 Å². The molecule has 1 saturated carbocycles. The zero-order chi connectivity index (χ0) is 13.9. The van der Waals surface area contributed by atoms with Gasteiger partial charge in [-0.05, 0) is 40.8 Å². The Morgan fingerprint density at radius 2 is 2.05 bits per heavy atom. The fourth-order valence-corrected chi connectivity index (χ4v) is 3.99. The Hall–Kier alpha value is -0.450. The smallest absolute Gasteiger partial charge is 0.0798 e. The molecule has 0 amide bonds. The van der Waals surface area contributed by atoms with Crippen LogP contribution in [0.1, 0.15) is 55.6 Å². The number of aryl methyl sites for hydroxylation is 1. The van der Waals surface area contributed by atoms with Gasteiger partial charge in [0.1, 0.15) is 0 Å². The zero-order valence-corrected chi connectivity index (χ0v) is 13.5. The summed E-state index contributed by atoms with van der Waals surface area (Å²) in [6, 6.07) is 0.409. The van der Waals surface area contributed by atoms with Gasteiger partial charge >= 0.3 is 0 Å². The van der Waals surface area contributed by atoms with Gasteiger partial charge in [0.25, 0.3) is 0 Å². The summed E-state index contributed by atoms with van der Waals surface area (Å²) in [6.45, 7) is 5.44. The fraction of sp³-hybridized carbons (Fsp3) is 0.800. The molecular formula is C15H27N3S. The molecule has 1 unspecified atom stereocenters. The Balaban J connectivity index is 1.97. The van der Waals surface area contributed by atoms with Crippen molar-refractivity contribution in [1.82, 2.24) is 15.2 Å². The van der Waals surface area contributed by atoms with E-state index in [0.29, 0.717) is 11.6 Å². The topological polar surface area (TPSA) is 28.2 Å². The Bertz CT molecular complexity index is 394. The summed E-state index contributed by atoms with van der Waals surface area (Å²) in [4.78, 5) is 8.17. The molecule has 0 spiro atoms. The van der Waals surface area contributed by atoms with Crippen LogP contribution in [0.3, 0.4) is 0 Å². The molecule has 1 fully saturated rings. The molecule has 4 heteroatoms. The second-order valence-electron chi connectivity index (χ2n) is 6.08. The standard InChI is InChI=1S/C15H27N3S/c1-12(14-13(2)17-11-19-14)16-10-15(18(3)4)8-6-5-7-9-15/h11-12,16H,5-10H2,1-4H3. The number of likely N-dealkylation sites (N-methyl/N-ethyl adjacent to an activating group) is 1. The van der Waals surface area contributed by atoms with Crippen LogP contribution in [0, 0.1) is 6.92 Å².